The number of unbranched alkanes of at least 4 members (excludes halogenated alkanes) is 1. The summed E-state index contributed by atoms with van der Waals surface area (Å²) in [6.07, 6.45) is 4.65. The van der Waals surface area contributed by atoms with E-state index in [2.05, 4.69) is 24.1 Å². The Morgan fingerprint density at radius 3 is 2.83 bits per heavy atom. The van der Waals surface area contributed by atoms with Gasteiger partial charge in [-0.3, -0.25) is 10.1 Å². The number of rotatable bonds is 7. The van der Waals surface area contributed by atoms with E-state index in [9.17, 15) is 10.1 Å². The molecule has 0 spiro atoms. The van der Waals surface area contributed by atoms with E-state index < -0.39 is 4.92 Å². The van der Waals surface area contributed by atoms with Gasteiger partial charge >= 0.3 is 5.69 Å². The molecule has 1 heterocycles. The van der Waals surface area contributed by atoms with Crippen molar-refractivity contribution in [2.24, 2.45) is 5.92 Å². The molecule has 0 aliphatic carbocycles. The van der Waals surface area contributed by atoms with Crippen LogP contribution in [0.2, 0.25) is 5.02 Å². The molecule has 5 nitrogen and oxygen atoms in total. The fourth-order valence-corrected chi connectivity index (χ4v) is 1.74. The lowest BCUT2D eigenvalue weighted by atomic mass is 10.1. The topological polar surface area (TPSA) is 68.1 Å². The summed E-state index contributed by atoms with van der Waals surface area (Å²) >= 11 is 5.68. The summed E-state index contributed by atoms with van der Waals surface area (Å²) in [5.74, 6) is 0.974. The van der Waals surface area contributed by atoms with Gasteiger partial charge in [0.25, 0.3) is 0 Å². The van der Waals surface area contributed by atoms with Gasteiger partial charge in [-0.05, 0) is 12.3 Å². The molecule has 0 atom stereocenters. The van der Waals surface area contributed by atoms with E-state index in [0.29, 0.717) is 12.5 Å². The van der Waals surface area contributed by atoms with Crippen LogP contribution in [0.4, 0.5) is 11.5 Å². The Balaban J connectivity index is 2.49. The highest BCUT2D eigenvalue weighted by Gasteiger charge is 2.15. The number of pyridine rings is 1. The molecule has 0 aromatic carbocycles. The van der Waals surface area contributed by atoms with Crippen molar-refractivity contribution in [2.75, 3.05) is 11.9 Å². The highest BCUT2D eigenvalue weighted by molar-refractivity contribution is 6.30. The number of hydrogen-bond acceptors (Lipinski definition) is 4. The van der Waals surface area contributed by atoms with E-state index in [1.54, 1.807) is 0 Å². The van der Waals surface area contributed by atoms with Crippen LogP contribution in [0.3, 0.4) is 0 Å². The second-order valence-electron chi connectivity index (χ2n) is 4.59. The molecule has 1 aromatic rings. The van der Waals surface area contributed by atoms with E-state index in [1.165, 1.54) is 12.3 Å². The highest BCUT2D eigenvalue weighted by Crippen LogP contribution is 2.24. The van der Waals surface area contributed by atoms with Crippen molar-refractivity contribution in [3.63, 3.8) is 0 Å². The average molecular weight is 272 g/mol. The fourth-order valence-electron chi connectivity index (χ4n) is 1.59. The number of halogens is 1. The van der Waals surface area contributed by atoms with Gasteiger partial charge in [0.1, 0.15) is 0 Å². The van der Waals surface area contributed by atoms with Gasteiger partial charge in [-0.2, -0.15) is 0 Å². The monoisotopic (exact) mass is 271 g/mol. The van der Waals surface area contributed by atoms with E-state index in [1.807, 2.05) is 0 Å². The Morgan fingerprint density at radius 2 is 2.22 bits per heavy atom. The molecule has 1 aromatic heterocycles. The molecule has 0 fully saturated rings. The Morgan fingerprint density at radius 1 is 1.50 bits per heavy atom. The van der Waals surface area contributed by atoms with Crippen molar-refractivity contribution in [3.8, 4) is 0 Å². The van der Waals surface area contributed by atoms with Gasteiger partial charge in [-0.15, -0.1) is 0 Å². The Bertz CT molecular complexity index is 410. The van der Waals surface area contributed by atoms with Crippen LogP contribution in [-0.2, 0) is 0 Å². The molecule has 0 saturated heterocycles. The van der Waals surface area contributed by atoms with Gasteiger partial charge in [0, 0.05) is 18.8 Å². The maximum atomic E-state index is 10.8. The van der Waals surface area contributed by atoms with E-state index in [0.717, 1.165) is 19.3 Å². The minimum Gasteiger partial charge on any atom is -0.364 e. The molecule has 0 unspecified atom stereocenters. The average Bonchev–Trinajstić information content (AvgIpc) is 2.29. The lowest BCUT2D eigenvalue weighted by Gasteiger charge is -2.07. The third-order valence-electron chi connectivity index (χ3n) is 2.53. The summed E-state index contributed by atoms with van der Waals surface area (Å²) in [6.45, 7) is 5.04. The molecule has 1 N–H and O–H groups in total. The zero-order valence-corrected chi connectivity index (χ0v) is 11.4. The first kappa shape index (κ1) is 14.7. The lowest BCUT2D eigenvalue weighted by Crippen LogP contribution is -2.06. The van der Waals surface area contributed by atoms with Gasteiger partial charge < -0.3 is 5.32 Å². The van der Waals surface area contributed by atoms with E-state index in [-0.39, 0.29) is 16.5 Å². The van der Waals surface area contributed by atoms with Crippen LogP contribution in [0.5, 0.6) is 0 Å². The molecular weight excluding hydrogens is 254 g/mol. The predicted octanol–water partition coefficient (Wildman–Crippen LogP) is 3.88. The number of anilines is 1. The number of nitro groups is 1. The minimum atomic E-state index is -0.477. The minimum absolute atomic E-state index is 0.0774. The Hall–Kier alpha value is -1.36. The second-order valence-corrected chi connectivity index (χ2v) is 5.03. The summed E-state index contributed by atoms with van der Waals surface area (Å²) in [6, 6.07) is 1.31. The van der Waals surface area contributed by atoms with Crippen molar-refractivity contribution in [1.82, 2.24) is 4.98 Å². The third kappa shape index (κ3) is 4.87. The third-order valence-corrected chi connectivity index (χ3v) is 2.74. The number of aromatic nitrogens is 1. The number of nitrogens with one attached hydrogen (secondary N) is 1. The van der Waals surface area contributed by atoms with Crippen LogP contribution in [0.25, 0.3) is 0 Å². The maximum absolute atomic E-state index is 10.8. The molecule has 0 aliphatic rings. The van der Waals surface area contributed by atoms with Gasteiger partial charge in [0.2, 0.25) is 5.82 Å². The van der Waals surface area contributed by atoms with Gasteiger partial charge in [-0.25, -0.2) is 4.98 Å². The van der Waals surface area contributed by atoms with Crippen LogP contribution < -0.4 is 5.32 Å². The summed E-state index contributed by atoms with van der Waals surface area (Å²) in [7, 11) is 0. The van der Waals surface area contributed by atoms with Crippen molar-refractivity contribution >= 4 is 23.1 Å². The van der Waals surface area contributed by atoms with Crippen LogP contribution in [0.15, 0.2) is 12.3 Å². The summed E-state index contributed by atoms with van der Waals surface area (Å²) < 4.78 is 0. The van der Waals surface area contributed by atoms with Crippen molar-refractivity contribution in [1.29, 1.82) is 0 Å². The first-order valence-electron chi connectivity index (χ1n) is 6.04. The van der Waals surface area contributed by atoms with Gasteiger partial charge in [0.15, 0.2) is 0 Å². The van der Waals surface area contributed by atoms with Crippen LogP contribution in [0.1, 0.15) is 33.1 Å². The van der Waals surface area contributed by atoms with E-state index in [4.69, 9.17) is 11.6 Å². The zero-order valence-electron chi connectivity index (χ0n) is 10.6. The Labute approximate surface area is 112 Å². The lowest BCUT2D eigenvalue weighted by molar-refractivity contribution is -0.384. The number of nitrogens with zero attached hydrogens (tertiary/aromatic N) is 2. The molecular formula is C12H18ClN3O2. The van der Waals surface area contributed by atoms with Crippen LogP contribution in [0, 0.1) is 16.0 Å². The van der Waals surface area contributed by atoms with Gasteiger partial charge in [0.05, 0.1) is 9.95 Å². The molecule has 0 saturated carbocycles. The second kappa shape index (κ2) is 7.16. The van der Waals surface area contributed by atoms with Crippen molar-refractivity contribution in [3.05, 3.63) is 27.4 Å². The summed E-state index contributed by atoms with van der Waals surface area (Å²) in [5, 5.41) is 14.1. The fraction of sp³-hybridized carbons (Fsp3) is 0.583. The quantitative estimate of drug-likeness (QED) is 0.464. The molecule has 18 heavy (non-hydrogen) atoms. The molecule has 1 rings (SSSR count). The molecule has 0 amide bonds. The molecule has 0 bridgehead atoms. The Kier molecular flexibility index (Phi) is 5.85. The van der Waals surface area contributed by atoms with Crippen LogP contribution in [-0.4, -0.2) is 16.5 Å². The standard InChI is InChI=1S/C12H18ClN3O2/c1-9(2)5-3-4-6-14-12-11(16(17)18)7-10(13)8-15-12/h7-9H,3-6H2,1-2H3,(H,14,15). The first-order chi connectivity index (χ1) is 8.50. The highest BCUT2D eigenvalue weighted by atomic mass is 35.5. The molecule has 0 radical (unpaired) electrons. The predicted molar refractivity (Wildman–Crippen MR) is 73.1 cm³/mol. The van der Waals surface area contributed by atoms with E-state index >= 15 is 0 Å². The van der Waals surface area contributed by atoms with Crippen molar-refractivity contribution in [2.45, 2.75) is 33.1 Å². The normalized spacial score (nSPS) is 10.7. The number of hydrogen-bond donors (Lipinski definition) is 1. The molecule has 100 valence electrons. The zero-order chi connectivity index (χ0) is 13.5. The first-order valence-corrected chi connectivity index (χ1v) is 6.42. The summed E-state index contributed by atoms with van der Waals surface area (Å²) in [4.78, 5) is 14.3. The maximum Gasteiger partial charge on any atom is 0.312 e. The van der Waals surface area contributed by atoms with Crippen molar-refractivity contribution < 1.29 is 4.92 Å². The van der Waals surface area contributed by atoms with Crippen LogP contribution >= 0.6 is 11.6 Å². The largest absolute Gasteiger partial charge is 0.364 e. The van der Waals surface area contributed by atoms with Gasteiger partial charge in [-0.1, -0.05) is 38.3 Å². The summed E-state index contributed by atoms with van der Waals surface area (Å²) in [5.41, 5.74) is -0.0774. The SMILES string of the molecule is CC(C)CCCCNc1ncc(Cl)cc1[N+](=O)[O-]. The molecule has 0 aliphatic heterocycles. The smallest absolute Gasteiger partial charge is 0.312 e. The molecule has 6 heteroatoms.